The van der Waals surface area contributed by atoms with Gasteiger partial charge in [0, 0.05) is 11.8 Å². The van der Waals surface area contributed by atoms with Crippen molar-refractivity contribution in [2.75, 3.05) is 6.61 Å². The summed E-state index contributed by atoms with van der Waals surface area (Å²) in [6, 6.07) is 39.0. The Morgan fingerprint density at radius 1 is 0.763 bits per heavy atom. The number of rotatable bonds is 9. The third kappa shape index (κ3) is 5.89. The number of benzene rings is 4. The Kier molecular flexibility index (Phi) is 8.04. The monoisotopic (exact) mass is 496 g/mol. The van der Waals surface area contributed by atoms with Gasteiger partial charge in [0.15, 0.2) is 0 Å². The summed E-state index contributed by atoms with van der Waals surface area (Å²) in [5, 5.41) is 0. The molecule has 4 aromatic rings. The minimum absolute atomic E-state index is 0.215. The first kappa shape index (κ1) is 25.5. The zero-order valence-corrected chi connectivity index (χ0v) is 22.3. The average molecular weight is 497 g/mol. The van der Waals surface area contributed by atoms with Crippen molar-refractivity contribution in [2.45, 2.75) is 32.1 Å². The van der Waals surface area contributed by atoms with E-state index in [4.69, 9.17) is 4.74 Å². The van der Waals surface area contributed by atoms with E-state index < -0.39 is 0 Å². The molecule has 1 saturated carbocycles. The molecule has 5 rings (SSSR count). The first-order valence-corrected chi connectivity index (χ1v) is 13.6. The van der Waals surface area contributed by atoms with Crippen LogP contribution in [0.15, 0.2) is 139 Å². The minimum Gasteiger partial charge on any atom is -0.494 e. The molecule has 0 aromatic heterocycles. The van der Waals surface area contributed by atoms with E-state index in [9.17, 15) is 0 Å². The SMILES string of the molecule is C=C1CC(=Cc2ccc(C(c3ccccc3)c3ccccc3)cc2)C(=C)C1CCc1ccc(OCC)cc1. The molecule has 38 heavy (non-hydrogen) atoms. The number of ether oxygens (including phenoxy) is 1. The third-order valence-corrected chi connectivity index (χ3v) is 7.58. The maximum Gasteiger partial charge on any atom is 0.119 e. The van der Waals surface area contributed by atoms with Crippen LogP contribution in [0.5, 0.6) is 5.75 Å². The van der Waals surface area contributed by atoms with Gasteiger partial charge in [-0.15, -0.1) is 0 Å². The maximum atomic E-state index is 5.57. The molecule has 190 valence electrons. The van der Waals surface area contributed by atoms with Gasteiger partial charge >= 0.3 is 0 Å². The number of allylic oxidation sites excluding steroid dienone is 3. The summed E-state index contributed by atoms with van der Waals surface area (Å²) in [6.45, 7) is 11.6. The van der Waals surface area contributed by atoms with Crippen molar-refractivity contribution in [1.82, 2.24) is 0 Å². The van der Waals surface area contributed by atoms with E-state index in [1.165, 1.54) is 44.5 Å². The van der Waals surface area contributed by atoms with Crippen molar-refractivity contribution in [2.24, 2.45) is 5.92 Å². The molecule has 0 aliphatic heterocycles. The largest absolute Gasteiger partial charge is 0.494 e. The van der Waals surface area contributed by atoms with E-state index in [0.29, 0.717) is 12.5 Å². The van der Waals surface area contributed by atoms with E-state index in [2.05, 4.69) is 128 Å². The molecule has 1 nitrogen and oxygen atoms in total. The first-order valence-electron chi connectivity index (χ1n) is 13.6. The Hall–Kier alpha value is -4.10. The molecule has 1 fully saturated rings. The van der Waals surface area contributed by atoms with Gasteiger partial charge in [0.25, 0.3) is 0 Å². The fourth-order valence-electron chi connectivity index (χ4n) is 5.56. The number of hydrogen-bond donors (Lipinski definition) is 0. The Labute approximate surface area is 227 Å². The van der Waals surface area contributed by atoms with Crippen molar-refractivity contribution in [3.05, 3.63) is 167 Å². The van der Waals surface area contributed by atoms with Gasteiger partial charge in [0.1, 0.15) is 5.75 Å². The van der Waals surface area contributed by atoms with E-state index in [1.807, 2.05) is 6.92 Å². The summed E-state index contributed by atoms with van der Waals surface area (Å²) in [5.41, 5.74) is 10.3. The molecule has 0 radical (unpaired) electrons. The highest BCUT2D eigenvalue weighted by atomic mass is 16.5. The highest BCUT2D eigenvalue weighted by molar-refractivity contribution is 5.63. The lowest BCUT2D eigenvalue weighted by molar-refractivity contribution is 0.340. The fourth-order valence-corrected chi connectivity index (χ4v) is 5.56. The lowest BCUT2D eigenvalue weighted by Crippen LogP contribution is -2.03. The van der Waals surface area contributed by atoms with Crippen LogP contribution in [0, 0.1) is 5.92 Å². The van der Waals surface area contributed by atoms with Crippen molar-refractivity contribution < 1.29 is 4.74 Å². The van der Waals surface area contributed by atoms with Crippen LogP contribution in [0.2, 0.25) is 0 Å². The average Bonchev–Trinajstić information content (AvgIpc) is 3.22. The Morgan fingerprint density at radius 3 is 1.92 bits per heavy atom. The molecule has 1 atom stereocenters. The summed E-state index contributed by atoms with van der Waals surface area (Å²) in [4.78, 5) is 0. The molecule has 4 aromatic carbocycles. The smallest absolute Gasteiger partial charge is 0.119 e. The standard InChI is InChI=1S/C37H36O/c1-4-38-35-22-17-29(18-23-35)19-24-36-27(2)25-34(28(36)3)26-30-15-20-33(21-16-30)37(31-11-7-5-8-12-31)32-13-9-6-10-14-32/h5-18,20-23,26,36-37H,2-4,19,24-25H2,1H3. The Morgan fingerprint density at radius 2 is 1.34 bits per heavy atom. The third-order valence-electron chi connectivity index (χ3n) is 7.58. The van der Waals surface area contributed by atoms with E-state index in [0.717, 1.165) is 25.0 Å². The number of aryl methyl sites for hydroxylation is 1. The quantitative estimate of drug-likeness (QED) is 0.166. The second-order valence-electron chi connectivity index (χ2n) is 10.1. The summed E-state index contributed by atoms with van der Waals surface area (Å²) in [6.07, 6.45) is 5.26. The summed E-state index contributed by atoms with van der Waals surface area (Å²) < 4.78 is 5.57. The Bertz CT molecular complexity index is 1350. The normalized spacial score (nSPS) is 16.4. The molecule has 0 amide bonds. The fraction of sp³-hybridized carbons (Fsp3) is 0.189. The molecule has 0 heterocycles. The van der Waals surface area contributed by atoms with Crippen molar-refractivity contribution in [1.29, 1.82) is 0 Å². The zero-order valence-electron chi connectivity index (χ0n) is 22.3. The predicted molar refractivity (Wildman–Crippen MR) is 161 cm³/mol. The van der Waals surface area contributed by atoms with Crippen LogP contribution in [0.1, 0.15) is 53.5 Å². The van der Waals surface area contributed by atoms with Gasteiger partial charge in [-0.25, -0.2) is 0 Å². The molecule has 1 unspecified atom stereocenters. The highest BCUT2D eigenvalue weighted by Crippen LogP contribution is 2.42. The summed E-state index contributed by atoms with van der Waals surface area (Å²) >= 11 is 0. The van der Waals surface area contributed by atoms with Crippen LogP contribution >= 0.6 is 0 Å². The van der Waals surface area contributed by atoms with E-state index in [-0.39, 0.29) is 5.92 Å². The molecule has 0 saturated heterocycles. The lowest BCUT2D eigenvalue weighted by Gasteiger charge is -2.19. The molecular formula is C37H36O. The molecule has 0 spiro atoms. The van der Waals surface area contributed by atoms with Gasteiger partial charge in [0.05, 0.1) is 6.61 Å². The predicted octanol–water partition coefficient (Wildman–Crippen LogP) is 9.41. The maximum absolute atomic E-state index is 5.57. The van der Waals surface area contributed by atoms with Gasteiger partial charge in [-0.3, -0.25) is 0 Å². The van der Waals surface area contributed by atoms with Crippen LogP contribution in [-0.2, 0) is 6.42 Å². The zero-order chi connectivity index (χ0) is 26.3. The second-order valence-corrected chi connectivity index (χ2v) is 10.1. The van der Waals surface area contributed by atoms with Crippen LogP contribution in [-0.4, -0.2) is 6.61 Å². The molecule has 0 bridgehead atoms. The van der Waals surface area contributed by atoms with Crippen LogP contribution in [0.25, 0.3) is 6.08 Å². The van der Waals surface area contributed by atoms with E-state index >= 15 is 0 Å². The molecule has 1 heteroatoms. The number of hydrogen-bond acceptors (Lipinski definition) is 1. The van der Waals surface area contributed by atoms with Crippen LogP contribution < -0.4 is 4.74 Å². The lowest BCUT2D eigenvalue weighted by atomic mass is 9.85. The van der Waals surface area contributed by atoms with Gasteiger partial charge in [-0.1, -0.05) is 122 Å². The summed E-state index contributed by atoms with van der Waals surface area (Å²) in [5.74, 6) is 1.49. The minimum atomic E-state index is 0.215. The molecule has 0 N–H and O–H groups in total. The van der Waals surface area contributed by atoms with Gasteiger partial charge < -0.3 is 4.74 Å². The first-order chi connectivity index (χ1) is 18.6. The van der Waals surface area contributed by atoms with Crippen LogP contribution in [0.4, 0.5) is 0 Å². The van der Waals surface area contributed by atoms with E-state index in [1.54, 1.807) is 0 Å². The second kappa shape index (κ2) is 12.0. The van der Waals surface area contributed by atoms with Gasteiger partial charge in [-0.05, 0) is 77.3 Å². The highest BCUT2D eigenvalue weighted by Gasteiger charge is 2.27. The Balaban J connectivity index is 1.30. The topological polar surface area (TPSA) is 9.23 Å². The van der Waals surface area contributed by atoms with Gasteiger partial charge in [0.2, 0.25) is 0 Å². The molecular weight excluding hydrogens is 460 g/mol. The molecule has 1 aliphatic carbocycles. The molecule has 1 aliphatic rings. The van der Waals surface area contributed by atoms with Gasteiger partial charge in [-0.2, -0.15) is 0 Å². The van der Waals surface area contributed by atoms with Crippen molar-refractivity contribution >= 4 is 6.08 Å². The van der Waals surface area contributed by atoms with Crippen LogP contribution in [0.3, 0.4) is 0 Å². The van der Waals surface area contributed by atoms with Crippen molar-refractivity contribution in [3.8, 4) is 5.75 Å². The van der Waals surface area contributed by atoms with Crippen molar-refractivity contribution in [3.63, 3.8) is 0 Å². The summed E-state index contributed by atoms with van der Waals surface area (Å²) in [7, 11) is 0.